The molecular formula is C21H19FN2O2. The fraction of sp³-hybridized carbons (Fsp3) is 0.0952. The normalized spacial score (nSPS) is 10.2. The zero-order valence-electron chi connectivity index (χ0n) is 14.1. The molecule has 0 aliphatic rings. The van der Waals surface area contributed by atoms with Gasteiger partial charge in [-0.05, 0) is 42.0 Å². The molecule has 0 unspecified atom stereocenters. The summed E-state index contributed by atoms with van der Waals surface area (Å²) < 4.78 is 19.2. The largest absolute Gasteiger partial charge is 0.489 e. The lowest BCUT2D eigenvalue weighted by atomic mass is 10.2. The van der Waals surface area contributed by atoms with Crippen LogP contribution in [-0.2, 0) is 11.4 Å². The highest BCUT2D eigenvalue weighted by molar-refractivity contribution is 5.93. The first kappa shape index (κ1) is 17.5. The molecule has 3 rings (SSSR count). The van der Waals surface area contributed by atoms with Crippen molar-refractivity contribution in [3.8, 4) is 5.75 Å². The van der Waals surface area contributed by atoms with Gasteiger partial charge in [0.25, 0.3) is 0 Å². The van der Waals surface area contributed by atoms with Crippen LogP contribution in [0.25, 0.3) is 0 Å². The average molecular weight is 350 g/mol. The van der Waals surface area contributed by atoms with E-state index >= 15 is 0 Å². The summed E-state index contributed by atoms with van der Waals surface area (Å²) in [6.45, 7) is 0.465. The summed E-state index contributed by atoms with van der Waals surface area (Å²) in [4.78, 5) is 12.0. The summed E-state index contributed by atoms with van der Waals surface area (Å²) in [7, 11) is 0. The first-order chi connectivity index (χ1) is 12.7. The Hall–Kier alpha value is -3.34. The molecule has 0 heterocycles. The second-order valence-corrected chi connectivity index (χ2v) is 5.68. The van der Waals surface area contributed by atoms with Crippen molar-refractivity contribution >= 4 is 17.3 Å². The molecule has 4 nitrogen and oxygen atoms in total. The summed E-state index contributed by atoms with van der Waals surface area (Å²) in [5.41, 5.74) is 2.04. The standard InChI is InChI=1S/C21H19FN2O2/c22-19-8-4-5-9-20(19)23-14-21(25)24-17-10-12-18(13-11-17)26-15-16-6-2-1-3-7-16/h1-13,23H,14-15H2,(H,24,25). The van der Waals surface area contributed by atoms with Gasteiger partial charge in [0.2, 0.25) is 5.91 Å². The van der Waals surface area contributed by atoms with Crippen LogP contribution >= 0.6 is 0 Å². The molecule has 3 aromatic carbocycles. The van der Waals surface area contributed by atoms with E-state index in [9.17, 15) is 9.18 Å². The Balaban J connectivity index is 1.47. The van der Waals surface area contributed by atoms with Crippen LogP contribution in [0, 0.1) is 5.82 Å². The molecule has 0 saturated heterocycles. The minimum Gasteiger partial charge on any atom is -0.489 e. The number of amides is 1. The molecule has 0 bridgehead atoms. The lowest BCUT2D eigenvalue weighted by Crippen LogP contribution is -2.22. The smallest absolute Gasteiger partial charge is 0.243 e. The number of para-hydroxylation sites is 1. The number of halogens is 1. The Kier molecular flexibility index (Phi) is 5.83. The van der Waals surface area contributed by atoms with E-state index in [0.29, 0.717) is 18.0 Å². The molecule has 132 valence electrons. The average Bonchev–Trinajstić information content (AvgIpc) is 2.68. The van der Waals surface area contributed by atoms with Crippen LogP contribution in [-0.4, -0.2) is 12.5 Å². The highest BCUT2D eigenvalue weighted by Crippen LogP contribution is 2.17. The molecule has 5 heteroatoms. The number of nitrogens with one attached hydrogen (secondary N) is 2. The zero-order valence-corrected chi connectivity index (χ0v) is 14.1. The Morgan fingerprint density at radius 1 is 0.885 bits per heavy atom. The highest BCUT2D eigenvalue weighted by atomic mass is 19.1. The van der Waals surface area contributed by atoms with Gasteiger partial charge in [0, 0.05) is 5.69 Å². The SMILES string of the molecule is O=C(CNc1ccccc1F)Nc1ccc(OCc2ccccc2)cc1. The van der Waals surface area contributed by atoms with Crippen molar-refractivity contribution in [2.24, 2.45) is 0 Å². The molecule has 0 atom stereocenters. The van der Waals surface area contributed by atoms with Crippen molar-refractivity contribution in [1.29, 1.82) is 0 Å². The van der Waals surface area contributed by atoms with E-state index in [0.717, 1.165) is 11.3 Å². The van der Waals surface area contributed by atoms with Gasteiger partial charge < -0.3 is 15.4 Å². The van der Waals surface area contributed by atoms with Crippen LogP contribution in [0.2, 0.25) is 0 Å². The summed E-state index contributed by atoms with van der Waals surface area (Å²) in [5.74, 6) is 0.0720. The number of carbonyl (C=O) groups is 1. The van der Waals surface area contributed by atoms with E-state index in [1.807, 2.05) is 30.3 Å². The molecule has 0 radical (unpaired) electrons. The van der Waals surface area contributed by atoms with Crippen LogP contribution in [0.15, 0.2) is 78.9 Å². The second kappa shape index (κ2) is 8.67. The lowest BCUT2D eigenvalue weighted by molar-refractivity contribution is -0.114. The van der Waals surface area contributed by atoms with E-state index in [1.165, 1.54) is 6.07 Å². The van der Waals surface area contributed by atoms with Crippen LogP contribution < -0.4 is 15.4 Å². The maximum absolute atomic E-state index is 13.5. The molecule has 0 aliphatic heterocycles. The molecule has 0 spiro atoms. The van der Waals surface area contributed by atoms with E-state index < -0.39 is 0 Å². The lowest BCUT2D eigenvalue weighted by Gasteiger charge is -2.10. The molecule has 0 aromatic heterocycles. The van der Waals surface area contributed by atoms with E-state index in [2.05, 4.69) is 10.6 Å². The van der Waals surface area contributed by atoms with Crippen molar-refractivity contribution in [3.05, 3.63) is 90.2 Å². The fourth-order valence-electron chi connectivity index (χ4n) is 2.36. The molecule has 0 fully saturated rings. The number of hydrogen-bond donors (Lipinski definition) is 2. The van der Waals surface area contributed by atoms with Crippen LogP contribution in [0.4, 0.5) is 15.8 Å². The molecule has 0 aliphatic carbocycles. The minimum atomic E-state index is -0.389. The maximum Gasteiger partial charge on any atom is 0.243 e. The molecule has 26 heavy (non-hydrogen) atoms. The molecule has 1 amide bonds. The van der Waals surface area contributed by atoms with Gasteiger partial charge in [-0.1, -0.05) is 42.5 Å². The molecule has 3 aromatic rings. The number of carbonyl (C=O) groups excluding carboxylic acids is 1. The predicted molar refractivity (Wildman–Crippen MR) is 101 cm³/mol. The Labute approximate surface area is 151 Å². The Bertz CT molecular complexity index is 851. The van der Waals surface area contributed by atoms with Gasteiger partial charge in [0.1, 0.15) is 18.2 Å². The fourth-order valence-corrected chi connectivity index (χ4v) is 2.36. The van der Waals surface area contributed by atoms with Gasteiger partial charge in [0.15, 0.2) is 0 Å². The number of anilines is 2. The van der Waals surface area contributed by atoms with Gasteiger partial charge >= 0.3 is 0 Å². The number of ether oxygens (including phenoxy) is 1. The van der Waals surface area contributed by atoms with Gasteiger partial charge in [0.05, 0.1) is 12.2 Å². The van der Waals surface area contributed by atoms with E-state index in [4.69, 9.17) is 4.74 Å². The number of benzene rings is 3. The highest BCUT2D eigenvalue weighted by Gasteiger charge is 2.05. The van der Waals surface area contributed by atoms with Gasteiger partial charge in [-0.15, -0.1) is 0 Å². The number of rotatable bonds is 7. The topological polar surface area (TPSA) is 50.4 Å². The van der Waals surface area contributed by atoms with Crippen molar-refractivity contribution in [3.63, 3.8) is 0 Å². The Morgan fingerprint density at radius 3 is 2.31 bits per heavy atom. The van der Waals surface area contributed by atoms with Gasteiger partial charge in [-0.3, -0.25) is 4.79 Å². The van der Waals surface area contributed by atoms with Crippen LogP contribution in [0.3, 0.4) is 0 Å². The maximum atomic E-state index is 13.5. The monoisotopic (exact) mass is 350 g/mol. The second-order valence-electron chi connectivity index (χ2n) is 5.68. The van der Waals surface area contributed by atoms with Crippen LogP contribution in [0.5, 0.6) is 5.75 Å². The third kappa shape index (κ3) is 5.08. The van der Waals surface area contributed by atoms with Crippen molar-refractivity contribution in [2.45, 2.75) is 6.61 Å². The summed E-state index contributed by atoms with van der Waals surface area (Å²) in [5, 5.41) is 5.52. The first-order valence-corrected chi connectivity index (χ1v) is 8.26. The third-order valence-corrected chi connectivity index (χ3v) is 3.70. The predicted octanol–water partition coefficient (Wildman–Crippen LogP) is 4.46. The van der Waals surface area contributed by atoms with E-state index in [-0.39, 0.29) is 18.3 Å². The van der Waals surface area contributed by atoms with Gasteiger partial charge in [-0.25, -0.2) is 4.39 Å². The van der Waals surface area contributed by atoms with Crippen molar-refractivity contribution in [2.75, 3.05) is 17.2 Å². The van der Waals surface area contributed by atoms with Crippen molar-refractivity contribution < 1.29 is 13.9 Å². The quantitative estimate of drug-likeness (QED) is 0.662. The Morgan fingerprint density at radius 2 is 1.58 bits per heavy atom. The van der Waals surface area contributed by atoms with Gasteiger partial charge in [-0.2, -0.15) is 0 Å². The minimum absolute atomic E-state index is 0.0206. The summed E-state index contributed by atoms with van der Waals surface area (Å²) in [6, 6.07) is 23.2. The zero-order chi connectivity index (χ0) is 18.2. The molecule has 0 saturated carbocycles. The summed E-state index contributed by atoms with van der Waals surface area (Å²) in [6.07, 6.45) is 0. The van der Waals surface area contributed by atoms with Crippen molar-refractivity contribution in [1.82, 2.24) is 0 Å². The first-order valence-electron chi connectivity index (χ1n) is 8.26. The van der Waals surface area contributed by atoms with Crippen LogP contribution in [0.1, 0.15) is 5.56 Å². The summed E-state index contributed by atoms with van der Waals surface area (Å²) >= 11 is 0. The molecular weight excluding hydrogens is 331 g/mol. The van der Waals surface area contributed by atoms with E-state index in [1.54, 1.807) is 42.5 Å². The number of hydrogen-bond acceptors (Lipinski definition) is 3. The molecule has 2 N–H and O–H groups in total. The third-order valence-electron chi connectivity index (χ3n) is 3.70.